The molecule has 1 aliphatic heterocycles. The molecular formula is C24H24N6O2. The van der Waals surface area contributed by atoms with Crippen LogP contribution < -0.4 is 10.5 Å². The third-order valence-corrected chi connectivity index (χ3v) is 5.88. The lowest BCUT2D eigenvalue weighted by Gasteiger charge is -2.36. The summed E-state index contributed by atoms with van der Waals surface area (Å²) >= 11 is 0. The summed E-state index contributed by atoms with van der Waals surface area (Å²) in [4.78, 5) is 34.2. The first-order valence-electron chi connectivity index (χ1n) is 10.8. The predicted octanol–water partition coefficient (Wildman–Crippen LogP) is 2.32. The second-order valence-corrected chi connectivity index (χ2v) is 7.83. The van der Waals surface area contributed by atoms with E-state index >= 15 is 0 Å². The molecule has 0 N–H and O–H groups in total. The molecular weight excluding hydrogens is 404 g/mol. The van der Waals surface area contributed by atoms with Gasteiger partial charge in [0.15, 0.2) is 5.65 Å². The number of rotatable bonds is 5. The first-order valence-corrected chi connectivity index (χ1v) is 10.8. The highest BCUT2D eigenvalue weighted by Gasteiger charge is 2.21. The van der Waals surface area contributed by atoms with Crippen molar-refractivity contribution in [2.75, 3.05) is 31.1 Å². The number of hydrogen-bond acceptors (Lipinski definition) is 5. The standard InChI is InChI=1S/C24H24N6O2/c31-22(28-15-13-27(14-16-28)19-7-3-1-4-8-19)11-12-29-18-25-23-21(24(29)32)17-26-30(23)20-9-5-2-6-10-20/h1-10,17-18H,11-16H2. The Balaban J connectivity index is 1.23. The maximum absolute atomic E-state index is 12.9. The Morgan fingerprint density at radius 3 is 2.22 bits per heavy atom. The van der Waals surface area contributed by atoms with E-state index in [4.69, 9.17) is 0 Å². The molecule has 0 radical (unpaired) electrons. The van der Waals surface area contributed by atoms with Gasteiger partial charge in [0.2, 0.25) is 5.91 Å². The second kappa shape index (κ2) is 8.66. The molecule has 8 heteroatoms. The summed E-state index contributed by atoms with van der Waals surface area (Å²) in [5.41, 5.74) is 2.36. The predicted molar refractivity (Wildman–Crippen MR) is 123 cm³/mol. The van der Waals surface area contributed by atoms with E-state index in [1.54, 1.807) is 10.9 Å². The van der Waals surface area contributed by atoms with Crippen molar-refractivity contribution in [1.29, 1.82) is 0 Å². The molecule has 0 saturated carbocycles. The molecule has 32 heavy (non-hydrogen) atoms. The Morgan fingerprint density at radius 2 is 1.53 bits per heavy atom. The second-order valence-electron chi connectivity index (χ2n) is 7.83. The average molecular weight is 428 g/mol. The van der Waals surface area contributed by atoms with Crippen LogP contribution in [0, 0.1) is 0 Å². The lowest BCUT2D eigenvalue weighted by molar-refractivity contribution is -0.131. The van der Waals surface area contributed by atoms with Gasteiger partial charge >= 0.3 is 0 Å². The Labute approximate surface area is 185 Å². The summed E-state index contributed by atoms with van der Waals surface area (Å²) in [5.74, 6) is 0.0599. The van der Waals surface area contributed by atoms with Crippen LogP contribution in [0.1, 0.15) is 6.42 Å². The van der Waals surface area contributed by atoms with Crippen molar-refractivity contribution in [3.05, 3.63) is 83.5 Å². The van der Waals surface area contributed by atoms with Crippen LogP contribution in [0.2, 0.25) is 0 Å². The Bertz CT molecular complexity index is 1270. The number of para-hydroxylation sites is 2. The van der Waals surface area contributed by atoms with Gasteiger partial charge in [0.25, 0.3) is 5.56 Å². The van der Waals surface area contributed by atoms with Gasteiger partial charge in [-0.1, -0.05) is 36.4 Å². The summed E-state index contributed by atoms with van der Waals surface area (Å²) in [6.07, 6.45) is 3.32. The molecule has 3 heterocycles. The molecule has 8 nitrogen and oxygen atoms in total. The molecule has 0 unspecified atom stereocenters. The van der Waals surface area contributed by atoms with Crippen molar-refractivity contribution < 1.29 is 4.79 Å². The van der Waals surface area contributed by atoms with E-state index in [2.05, 4.69) is 27.1 Å². The number of amides is 1. The molecule has 0 spiro atoms. The van der Waals surface area contributed by atoms with Crippen LogP contribution >= 0.6 is 0 Å². The van der Waals surface area contributed by atoms with E-state index in [1.807, 2.05) is 53.4 Å². The molecule has 5 rings (SSSR count). The van der Waals surface area contributed by atoms with E-state index in [-0.39, 0.29) is 17.9 Å². The number of nitrogens with zero attached hydrogens (tertiary/aromatic N) is 6. The van der Waals surface area contributed by atoms with Crippen LogP contribution in [-0.4, -0.2) is 56.3 Å². The minimum Gasteiger partial charge on any atom is -0.368 e. The SMILES string of the molecule is O=C(CCn1cnc2c(cnn2-c2ccccc2)c1=O)N1CCN(c2ccccc2)CC1. The van der Waals surface area contributed by atoms with Gasteiger partial charge in [-0.25, -0.2) is 9.67 Å². The summed E-state index contributed by atoms with van der Waals surface area (Å²) in [6, 6.07) is 19.8. The third-order valence-electron chi connectivity index (χ3n) is 5.88. The summed E-state index contributed by atoms with van der Waals surface area (Å²) in [7, 11) is 0. The minimum atomic E-state index is -0.182. The highest BCUT2D eigenvalue weighted by atomic mass is 16.2. The maximum Gasteiger partial charge on any atom is 0.264 e. The maximum atomic E-state index is 12.9. The number of piperazine rings is 1. The van der Waals surface area contributed by atoms with E-state index in [1.165, 1.54) is 16.6 Å². The lowest BCUT2D eigenvalue weighted by Crippen LogP contribution is -2.49. The molecule has 2 aromatic carbocycles. The van der Waals surface area contributed by atoms with Crippen LogP contribution in [0.5, 0.6) is 0 Å². The van der Waals surface area contributed by atoms with Gasteiger partial charge in [-0.15, -0.1) is 0 Å². The van der Waals surface area contributed by atoms with Gasteiger partial charge in [0.05, 0.1) is 18.2 Å². The van der Waals surface area contributed by atoms with Crippen LogP contribution in [0.4, 0.5) is 5.69 Å². The fourth-order valence-corrected chi connectivity index (χ4v) is 4.09. The smallest absolute Gasteiger partial charge is 0.264 e. The van der Waals surface area contributed by atoms with Crippen molar-refractivity contribution in [3.8, 4) is 5.69 Å². The molecule has 2 aromatic heterocycles. The number of fused-ring (bicyclic) bond motifs is 1. The quantitative estimate of drug-likeness (QED) is 0.488. The van der Waals surface area contributed by atoms with Gasteiger partial charge < -0.3 is 9.80 Å². The van der Waals surface area contributed by atoms with Crippen molar-refractivity contribution in [2.45, 2.75) is 13.0 Å². The first kappa shape index (κ1) is 20.0. The fourth-order valence-electron chi connectivity index (χ4n) is 4.09. The normalized spacial score (nSPS) is 14.1. The number of benzene rings is 2. The largest absolute Gasteiger partial charge is 0.368 e. The number of hydrogen-bond donors (Lipinski definition) is 0. The van der Waals surface area contributed by atoms with Crippen LogP contribution in [0.3, 0.4) is 0 Å². The van der Waals surface area contributed by atoms with Gasteiger partial charge in [0, 0.05) is 44.8 Å². The van der Waals surface area contributed by atoms with Crippen molar-refractivity contribution in [3.63, 3.8) is 0 Å². The number of anilines is 1. The number of carbonyl (C=O) groups is 1. The molecule has 0 atom stereocenters. The first-order chi connectivity index (χ1) is 15.7. The third kappa shape index (κ3) is 3.87. The van der Waals surface area contributed by atoms with Crippen molar-refractivity contribution in [2.24, 2.45) is 0 Å². The molecule has 4 aromatic rings. The Hall–Kier alpha value is -3.94. The topological polar surface area (TPSA) is 76.3 Å². The van der Waals surface area contributed by atoms with Crippen molar-refractivity contribution >= 4 is 22.6 Å². The van der Waals surface area contributed by atoms with Crippen LogP contribution in [0.25, 0.3) is 16.7 Å². The van der Waals surface area contributed by atoms with Crippen LogP contribution in [0.15, 0.2) is 78.0 Å². The fraction of sp³-hybridized carbons (Fsp3) is 0.250. The Morgan fingerprint density at radius 1 is 0.875 bits per heavy atom. The van der Waals surface area contributed by atoms with Crippen LogP contribution in [-0.2, 0) is 11.3 Å². The van der Waals surface area contributed by atoms with Crippen molar-refractivity contribution in [1.82, 2.24) is 24.2 Å². The van der Waals surface area contributed by atoms with E-state index < -0.39 is 0 Å². The number of aryl methyl sites for hydroxylation is 1. The molecule has 1 saturated heterocycles. The summed E-state index contributed by atoms with van der Waals surface area (Å²) < 4.78 is 3.15. The number of carbonyl (C=O) groups excluding carboxylic acids is 1. The molecule has 162 valence electrons. The molecule has 1 amide bonds. The zero-order valence-electron chi connectivity index (χ0n) is 17.7. The van der Waals surface area contributed by atoms with Gasteiger partial charge in [0.1, 0.15) is 5.39 Å². The molecule has 1 fully saturated rings. The van der Waals surface area contributed by atoms with Gasteiger partial charge in [-0.3, -0.25) is 14.2 Å². The molecule has 0 aliphatic carbocycles. The average Bonchev–Trinajstić information content (AvgIpc) is 3.30. The summed E-state index contributed by atoms with van der Waals surface area (Å²) in [5, 5.41) is 4.77. The highest BCUT2D eigenvalue weighted by molar-refractivity contribution is 5.77. The molecule has 1 aliphatic rings. The monoisotopic (exact) mass is 428 g/mol. The highest BCUT2D eigenvalue weighted by Crippen LogP contribution is 2.16. The minimum absolute atomic E-state index is 0.0599. The molecule has 0 bridgehead atoms. The lowest BCUT2D eigenvalue weighted by atomic mass is 10.2. The van der Waals surface area contributed by atoms with Gasteiger partial charge in [-0.2, -0.15) is 5.10 Å². The number of aromatic nitrogens is 4. The van der Waals surface area contributed by atoms with E-state index in [0.29, 0.717) is 30.7 Å². The Kier molecular flexibility index (Phi) is 5.41. The zero-order valence-corrected chi connectivity index (χ0v) is 17.7. The zero-order chi connectivity index (χ0) is 21.9. The van der Waals surface area contributed by atoms with E-state index in [9.17, 15) is 9.59 Å². The van der Waals surface area contributed by atoms with E-state index in [0.717, 1.165) is 18.8 Å². The van der Waals surface area contributed by atoms with Gasteiger partial charge in [-0.05, 0) is 24.3 Å². The summed E-state index contributed by atoms with van der Waals surface area (Å²) in [6.45, 7) is 3.29.